The quantitative estimate of drug-likeness (QED) is 0.330. The molecular formula is C20H40O4SSi2. The van der Waals surface area contributed by atoms with Crippen molar-refractivity contribution in [2.75, 3.05) is 19.8 Å². The van der Waals surface area contributed by atoms with E-state index in [1.54, 1.807) is 11.3 Å². The Bertz CT molecular complexity index is 523. The SMILES string of the molecule is CC(C)(CCCOc1cscc1OCCO[Si](C)(C)C(C)(C)C)[Si](C)(C)O. The molecule has 0 aliphatic rings. The predicted molar refractivity (Wildman–Crippen MR) is 121 cm³/mol. The molecule has 27 heavy (non-hydrogen) atoms. The number of thiophene rings is 1. The van der Waals surface area contributed by atoms with Gasteiger partial charge >= 0.3 is 0 Å². The highest BCUT2D eigenvalue weighted by Gasteiger charge is 2.37. The van der Waals surface area contributed by atoms with Gasteiger partial charge in [-0.1, -0.05) is 34.6 Å². The van der Waals surface area contributed by atoms with Crippen LogP contribution in [0.15, 0.2) is 10.8 Å². The maximum Gasteiger partial charge on any atom is 0.192 e. The molecule has 1 heterocycles. The van der Waals surface area contributed by atoms with Gasteiger partial charge in [0.1, 0.15) is 6.61 Å². The molecule has 0 atom stereocenters. The molecule has 0 radical (unpaired) electrons. The number of ether oxygens (including phenoxy) is 2. The summed E-state index contributed by atoms with van der Waals surface area (Å²) in [4.78, 5) is 10.4. The van der Waals surface area contributed by atoms with Gasteiger partial charge in [-0.15, -0.1) is 11.3 Å². The summed E-state index contributed by atoms with van der Waals surface area (Å²) in [7, 11) is -3.88. The molecule has 0 fully saturated rings. The molecule has 0 saturated heterocycles. The van der Waals surface area contributed by atoms with E-state index < -0.39 is 16.6 Å². The van der Waals surface area contributed by atoms with Gasteiger partial charge in [0.2, 0.25) is 0 Å². The summed E-state index contributed by atoms with van der Waals surface area (Å²) in [5, 5.41) is 4.17. The minimum absolute atomic E-state index is 0.00851. The highest BCUT2D eigenvalue weighted by atomic mass is 32.1. The molecule has 0 bridgehead atoms. The molecule has 7 heteroatoms. The van der Waals surface area contributed by atoms with Crippen LogP contribution in [0.5, 0.6) is 11.5 Å². The van der Waals surface area contributed by atoms with E-state index in [-0.39, 0.29) is 10.1 Å². The van der Waals surface area contributed by atoms with E-state index in [1.807, 2.05) is 23.9 Å². The molecule has 0 amide bonds. The van der Waals surface area contributed by atoms with E-state index in [9.17, 15) is 4.80 Å². The topological polar surface area (TPSA) is 47.9 Å². The van der Waals surface area contributed by atoms with Crippen molar-refractivity contribution in [2.24, 2.45) is 0 Å². The van der Waals surface area contributed by atoms with E-state index >= 15 is 0 Å². The van der Waals surface area contributed by atoms with Crippen molar-refractivity contribution in [3.63, 3.8) is 0 Å². The van der Waals surface area contributed by atoms with Gasteiger partial charge in [-0.2, -0.15) is 0 Å². The smallest absolute Gasteiger partial charge is 0.192 e. The normalized spacial score (nSPS) is 13.7. The van der Waals surface area contributed by atoms with Crippen LogP contribution in [0.4, 0.5) is 0 Å². The van der Waals surface area contributed by atoms with Gasteiger partial charge in [0.05, 0.1) is 13.2 Å². The minimum atomic E-state index is -2.15. The van der Waals surface area contributed by atoms with Gasteiger partial charge in [0.25, 0.3) is 0 Å². The van der Waals surface area contributed by atoms with Gasteiger partial charge < -0.3 is 18.7 Å². The zero-order valence-electron chi connectivity index (χ0n) is 18.8. The highest BCUT2D eigenvalue weighted by Crippen LogP contribution is 2.40. The maximum absolute atomic E-state index is 10.4. The third-order valence-electron chi connectivity index (χ3n) is 6.06. The highest BCUT2D eigenvalue weighted by molar-refractivity contribution is 7.08. The molecule has 0 saturated carbocycles. The summed E-state index contributed by atoms with van der Waals surface area (Å²) >= 11 is 1.59. The lowest BCUT2D eigenvalue weighted by Crippen LogP contribution is -2.41. The van der Waals surface area contributed by atoms with Crippen LogP contribution >= 0.6 is 11.3 Å². The zero-order valence-corrected chi connectivity index (χ0v) is 21.6. The molecule has 0 unspecified atom stereocenters. The summed E-state index contributed by atoms with van der Waals surface area (Å²) in [6.45, 7) is 21.3. The lowest BCUT2D eigenvalue weighted by molar-refractivity contribution is 0.195. The first kappa shape index (κ1) is 24.7. The Morgan fingerprint density at radius 3 is 1.89 bits per heavy atom. The second kappa shape index (κ2) is 9.43. The molecule has 1 aromatic heterocycles. The second-order valence-corrected chi connectivity index (χ2v) is 20.0. The minimum Gasteiger partial charge on any atom is -0.489 e. The van der Waals surface area contributed by atoms with E-state index in [4.69, 9.17) is 13.9 Å². The summed E-state index contributed by atoms with van der Waals surface area (Å²) in [6, 6.07) is 0. The van der Waals surface area contributed by atoms with Crippen LogP contribution in [0, 0.1) is 0 Å². The summed E-state index contributed by atoms with van der Waals surface area (Å²) < 4.78 is 18.0. The second-order valence-electron chi connectivity index (χ2n) is 9.95. The Balaban J connectivity index is 2.39. The first-order valence-electron chi connectivity index (χ1n) is 9.85. The molecule has 0 aromatic carbocycles. The first-order valence-corrected chi connectivity index (χ1v) is 16.7. The van der Waals surface area contributed by atoms with Gasteiger partial charge in [-0.3, -0.25) is 0 Å². The van der Waals surface area contributed by atoms with Crippen molar-refractivity contribution in [3.8, 4) is 11.5 Å². The number of hydrogen-bond donors (Lipinski definition) is 1. The maximum atomic E-state index is 10.4. The monoisotopic (exact) mass is 432 g/mol. The Kier molecular flexibility index (Phi) is 8.63. The molecule has 1 N–H and O–H groups in total. The zero-order chi connectivity index (χ0) is 20.9. The fourth-order valence-corrected chi connectivity index (χ4v) is 4.65. The number of rotatable bonds is 11. The Labute approximate surface area is 172 Å². The third-order valence-corrected chi connectivity index (χ3v) is 14.9. The van der Waals surface area contributed by atoms with Crippen LogP contribution in [-0.2, 0) is 4.43 Å². The van der Waals surface area contributed by atoms with E-state index in [1.165, 1.54) is 0 Å². The van der Waals surface area contributed by atoms with Crippen molar-refractivity contribution in [1.82, 2.24) is 0 Å². The largest absolute Gasteiger partial charge is 0.489 e. The van der Waals surface area contributed by atoms with Gasteiger partial charge in [0.15, 0.2) is 28.1 Å². The van der Waals surface area contributed by atoms with E-state index in [2.05, 4.69) is 47.7 Å². The molecule has 0 aliphatic heterocycles. The Hall–Kier alpha value is -0.346. The van der Waals surface area contributed by atoms with Gasteiger partial charge in [-0.25, -0.2) is 0 Å². The Morgan fingerprint density at radius 2 is 1.41 bits per heavy atom. The third kappa shape index (κ3) is 7.53. The van der Waals surface area contributed by atoms with E-state index in [0.717, 1.165) is 24.3 Å². The molecule has 1 aromatic rings. The van der Waals surface area contributed by atoms with Crippen molar-refractivity contribution < 1.29 is 18.7 Å². The fraction of sp³-hybridized carbons (Fsp3) is 0.800. The lowest BCUT2D eigenvalue weighted by atomic mass is 10.1. The van der Waals surface area contributed by atoms with Crippen LogP contribution < -0.4 is 9.47 Å². The van der Waals surface area contributed by atoms with Crippen LogP contribution in [0.25, 0.3) is 0 Å². The van der Waals surface area contributed by atoms with Crippen molar-refractivity contribution in [2.45, 2.75) is 83.7 Å². The van der Waals surface area contributed by atoms with Gasteiger partial charge in [0, 0.05) is 10.8 Å². The molecular weight excluding hydrogens is 392 g/mol. The van der Waals surface area contributed by atoms with Crippen molar-refractivity contribution in [3.05, 3.63) is 10.8 Å². The number of hydrogen-bond acceptors (Lipinski definition) is 5. The van der Waals surface area contributed by atoms with Crippen molar-refractivity contribution in [1.29, 1.82) is 0 Å². The first-order chi connectivity index (χ1) is 12.2. The fourth-order valence-electron chi connectivity index (χ4n) is 2.15. The Morgan fingerprint density at radius 1 is 0.889 bits per heavy atom. The van der Waals surface area contributed by atoms with Crippen LogP contribution in [-0.4, -0.2) is 41.3 Å². The molecule has 0 aliphatic carbocycles. The molecule has 1 rings (SSSR count). The molecule has 4 nitrogen and oxygen atoms in total. The van der Waals surface area contributed by atoms with Crippen LogP contribution in [0.3, 0.4) is 0 Å². The average molecular weight is 433 g/mol. The van der Waals surface area contributed by atoms with E-state index in [0.29, 0.717) is 19.8 Å². The van der Waals surface area contributed by atoms with Crippen LogP contribution in [0.1, 0.15) is 47.5 Å². The lowest BCUT2D eigenvalue weighted by Gasteiger charge is -2.36. The molecule has 0 spiro atoms. The van der Waals surface area contributed by atoms with Crippen molar-refractivity contribution >= 4 is 28.0 Å². The average Bonchev–Trinajstić information content (AvgIpc) is 2.93. The van der Waals surface area contributed by atoms with Crippen LogP contribution in [0.2, 0.25) is 36.3 Å². The van der Waals surface area contributed by atoms with Gasteiger partial charge in [-0.05, 0) is 49.1 Å². The summed E-state index contributed by atoms with van der Waals surface area (Å²) in [5.74, 6) is 1.61. The standard InChI is InChI=1S/C20H40O4SSi2/c1-19(2,3)27(8,9)24-14-13-23-18-16-25-15-17(18)22-12-10-11-20(4,5)26(6,7)21/h15-16,21H,10-14H2,1-9H3. The summed E-state index contributed by atoms with van der Waals surface area (Å²) in [5.41, 5.74) is 0. The predicted octanol–water partition coefficient (Wildman–Crippen LogP) is 6.29. The summed E-state index contributed by atoms with van der Waals surface area (Å²) in [6.07, 6.45) is 1.89. The molecule has 158 valence electrons.